The predicted molar refractivity (Wildman–Crippen MR) is 81.5 cm³/mol. The minimum Gasteiger partial charge on any atom is -0.360 e. The zero-order chi connectivity index (χ0) is 13.9. The highest BCUT2D eigenvalue weighted by atomic mass is 35.5. The molecule has 1 aliphatic heterocycles. The van der Waals surface area contributed by atoms with Crippen molar-refractivity contribution in [2.75, 3.05) is 5.75 Å². The normalized spacial score (nSPS) is 25.4. The standard InChI is InChI=1S/C14H18ClFN2S/c1-3-14(2)6-7-19-13(18-14)17-9-10-4-5-12(16)11(15)8-10/h4-5,8H,3,6-7,9H2,1-2H3,(H,17,18). The smallest absolute Gasteiger partial charge is 0.157 e. The molecule has 1 heterocycles. The van der Waals surface area contributed by atoms with Crippen molar-refractivity contribution in [3.05, 3.63) is 34.6 Å². The molecule has 0 amide bonds. The maximum absolute atomic E-state index is 13.1. The number of rotatable bonds is 3. The van der Waals surface area contributed by atoms with Crippen molar-refractivity contribution in [3.8, 4) is 0 Å². The fraction of sp³-hybridized carbons (Fsp3) is 0.500. The Balaban J connectivity index is 2.03. The van der Waals surface area contributed by atoms with Crippen molar-refractivity contribution in [1.82, 2.24) is 5.32 Å². The molecule has 1 aliphatic rings. The van der Waals surface area contributed by atoms with Crippen LogP contribution in [-0.2, 0) is 6.54 Å². The number of aliphatic imine (C=N–C) groups is 1. The van der Waals surface area contributed by atoms with Crippen molar-refractivity contribution in [2.24, 2.45) is 4.99 Å². The first-order chi connectivity index (χ1) is 9.02. The summed E-state index contributed by atoms with van der Waals surface area (Å²) in [6.45, 7) is 4.92. The van der Waals surface area contributed by atoms with Crippen molar-refractivity contribution >= 4 is 28.5 Å². The molecule has 0 bridgehead atoms. The monoisotopic (exact) mass is 300 g/mol. The molecular weight excluding hydrogens is 283 g/mol. The van der Waals surface area contributed by atoms with Crippen molar-refractivity contribution in [3.63, 3.8) is 0 Å². The SMILES string of the molecule is CCC1(C)CCSC(=NCc2ccc(F)c(Cl)c2)N1. The summed E-state index contributed by atoms with van der Waals surface area (Å²) in [7, 11) is 0. The van der Waals surface area contributed by atoms with E-state index in [4.69, 9.17) is 11.6 Å². The molecule has 1 saturated heterocycles. The molecule has 19 heavy (non-hydrogen) atoms. The third kappa shape index (κ3) is 3.86. The van der Waals surface area contributed by atoms with Crippen LogP contribution in [0.15, 0.2) is 23.2 Å². The van der Waals surface area contributed by atoms with E-state index in [9.17, 15) is 4.39 Å². The lowest BCUT2D eigenvalue weighted by Gasteiger charge is -2.35. The van der Waals surface area contributed by atoms with Crippen LogP contribution in [0.5, 0.6) is 0 Å². The van der Waals surface area contributed by atoms with Crippen LogP contribution in [0.2, 0.25) is 5.02 Å². The molecule has 104 valence electrons. The van der Waals surface area contributed by atoms with E-state index in [1.54, 1.807) is 23.9 Å². The molecule has 0 aromatic heterocycles. The van der Waals surface area contributed by atoms with Crippen LogP contribution in [0.25, 0.3) is 0 Å². The van der Waals surface area contributed by atoms with Crippen molar-refractivity contribution < 1.29 is 4.39 Å². The summed E-state index contributed by atoms with van der Waals surface area (Å²) in [4.78, 5) is 4.56. The van der Waals surface area contributed by atoms with Crippen LogP contribution in [0, 0.1) is 5.82 Å². The lowest BCUT2D eigenvalue weighted by atomic mass is 9.96. The minimum atomic E-state index is -0.387. The van der Waals surface area contributed by atoms with Gasteiger partial charge in [0.25, 0.3) is 0 Å². The molecule has 1 unspecified atom stereocenters. The van der Waals surface area contributed by atoms with Crippen LogP contribution < -0.4 is 5.32 Å². The first kappa shape index (κ1) is 14.7. The molecule has 0 radical (unpaired) electrons. The fourth-order valence-corrected chi connectivity index (χ4v) is 3.30. The summed E-state index contributed by atoms with van der Waals surface area (Å²) in [6.07, 6.45) is 2.23. The van der Waals surface area contributed by atoms with E-state index in [1.807, 2.05) is 0 Å². The summed E-state index contributed by atoms with van der Waals surface area (Å²) in [6, 6.07) is 4.74. The highest BCUT2D eigenvalue weighted by molar-refractivity contribution is 8.13. The zero-order valence-corrected chi connectivity index (χ0v) is 12.7. The van der Waals surface area contributed by atoms with E-state index in [0.29, 0.717) is 6.54 Å². The summed E-state index contributed by atoms with van der Waals surface area (Å²) in [5.41, 5.74) is 1.06. The Morgan fingerprint density at radius 3 is 3.00 bits per heavy atom. The van der Waals surface area contributed by atoms with Gasteiger partial charge in [-0.15, -0.1) is 0 Å². The first-order valence-corrected chi connectivity index (χ1v) is 7.78. The molecule has 1 aromatic carbocycles. The maximum Gasteiger partial charge on any atom is 0.157 e. The Morgan fingerprint density at radius 1 is 1.53 bits per heavy atom. The molecule has 2 nitrogen and oxygen atoms in total. The van der Waals surface area contributed by atoms with Gasteiger partial charge in [0.2, 0.25) is 0 Å². The van der Waals surface area contributed by atoms with Gasteiger partial charge in [0.1, 0.15) is 5.82 Å². The minimum absolute atomic E-state index is 0.143. The van der Waals surface area contributed by atoms with Gasteiger partial charge in [0, 0.05) is 11.3 Å². The quantitative estimate of drug-likeness (QED) is 0.903. The van der Waals surface area contributed by atoms with Gasteiger partial charge in [0.05, 0.1) is 11.6 Å². The molecule has 2 rings (SSSR count). The number of hydrogen-bond donors (Lipinski definition) is 1. The fourth-order valence-electron chi connectivity index (χ4n) is 1.88. The Morgan fingerprint density at radius 2 is 2.32 bits per heavy atom. The van der Waals surface area contributed by atoms with Gasteiger partial charge in [-0.25, -0.2) is 4.39 Å². The summed E-state index contributed by atoms with van der Waals surface area (Å²) in [5, 5.41) is 4.60. The number of thioether (sulfide) groups is 1. The molecule has 1 N–H and O–H groups in total. The van der Waals surface area contributed by atoms with E-state index < -0.39 is 0 Å². The number of benzene rings is 1. The average Bonchev–Trinajstić information content (AvgIpc) is 2.40. The lowest BCUT2D eigenvalue weighted by molar-refractivity contribution is 0.390. The van der Waals surface area contributed by atoms with Gasteiger partial charge in [-0.1, -0.05) is 36.4 Å². The molecule has 5 heteroatoms. The van der Waals surface area contributed by atoms with Gasteiger partial charge < -0.3 is 5.32 Å². The van der Waals surface area contributed by atoms with Gasteiger partial charge in [0.15, 0.2) is 5.17 Å². The number of nitrogens with zero attached hydrogens (tertiary/aromatic N) is 1. The molecule has 1 fully saturated rings. The second-order valence-electron chi connectivity index (χ2n) is 5.01. The number of amidine groups is 1. The molecule has 0 saturated carbocycles. The van der Waals surface area contributed by atoms with Gasteiger partial charge >= 0.3 is 0 Å². The van der Waals surface area contributed by atoms with E-state index in [0.717, 1.165) is 29.3 Å². The van der Waals surface area contributed by atoms with E-state index in [1.165, 1.54) is 6.07 Å². The Bertz CT molecular complexity index is 492. The number of halogens is 2. The van der Waals surface area contributed by atoms with Crippen LogP contribution in [0.4, 0.5) is 4.39 Å². The van der Waals surface area contributed by atoms with Crippen LogP contribution in [-0.4, -0.2) is 16.5 Å². The summed E-state index contributed by atoms with van der Waals surface area (Å²) in [5.74, 6) is 0.696. The molecular formula is C14H18ClFN2S. The molecule has 1 aromatic rings. The Hall–Kier alpha value is -0.740. The van der Waals surface area contributed by atoms with Gasteiger partial charge in [-0.05, 0) is 37.5 Å². The average molecular weight is 301 g/mol. The van der Waals surface area contributed by atoms with Crippen LogP contribution >= 0.6 is 23.4 Å². The molecule has 0 spiro atoms. The topological polar surface area (TPSA) is 24.4 Å². The number of hydrogen-bond acceptors (Lipinski definition) is 2. The van der Waals surface area contributed by atoms with Crippen molar-refractivity contribution in [1.29, 1.82) is 0 Å². The van der Waals surface area contributed by atoms with Crippen molar-refractivity contribution in [2.45, 2.75) is 38.8 Å². The van der Waals surface area contributed by atoms with E-state index in [2.05, 4.69) is 24.2 Å². The zero-order valence-electron chi connectivity index (χ0n) is 11.2. The van der Waals surface area contributed by atoms with Gasteiger partial charge in [-0.3, -0.25) is 4.99 Å². The second-order valence-corrected chi connectivity index (χ2v) is 6.50. The maximum atomic E-state index is 13.1. The highest BCUT2D eigenvalue weighted by Crippen LogP contribution is 2.25. The Labute approximate surface area is 122 Å². The van der Waals surface area contributed by atoms with Crippen LogP contribution in [0.1, 0.15) is 32.3 Å². The van der Waals surface area contributed by atoms with Crippen LogP contribution in [0.3, 0.4) is 0 Å². The number of nitrogens with one attached hydrogen (secondary N) is 1. The molecule has 0 aliphatic carbocycles. The largest absolute Gasteiger partial charge is 0.360 e. The molecule has 1 atom stereocenters. The second kappa shape index (κ2) is 6.14. The summed E-state index contributed by atoms with van der Waals surface area (Å²) < 4.78 is 13.1. The van der Waals surface area contributed by atoms with Gasteiger partial charge in [-0.2, -0.15) is 0 Å². The lowest BCUT2D eigenvalue weighted by Crippen LogP contribution is -2.48. The van der Waals surface area contributed by atoms with E-state index in [-0.39, 0.29) is 16.4 Å². The predicted octanol–water partition coefficient (Wildman–Crippen LogP) is 4.23. The highest BCUT2D eigenvalue weighted by Gasteiger charge is 2.27. The Kier molecular flexibility index (Phi) is 4.74. The first-order valence-electron chi connectivity index (χ1n) is 6.42. The van der Waals surface area contributed by atoms with E-state index >= 15 is 0 Å². The third-order valence-electron chi connectivity index (χ3n) is 3.47. The third-order valence-corrected chi connectivity index (χ3v) is 4.67. The summed E-state index contributed by atoms with van der Waals surface area (Å²) >= 11 is 7.50.